The van der Waals surface area contributed by atoms with E-state index in [4.69, 9.17) is 11.6 Å². The van der Waals surface area contributed by atoms with Gasteiger partial charge in [0.05, 0.1) is 5.75 Å². The largest absolute Gasteiger partial charge is 0.324 e. The first kappa shape index (κ1) is 23.4. The fourth-order valence-electron chi connectivity index (χ4n) is 3.82. The summed E-state index contributed by atoms with van der Waals surface area (Å²) in [5, 5.41) is 1.97. The second-order valence-electron chi connectivity index (χ2n) is 9.11. The molecule has 0 bridgehead atoms. The molecule has 1 N–H and O–H groups in total. The van der Waals surface area contributed by atoms with Crippen LogP contribution < -0.4 is 10.2 Å². The molecule has 170 valence electrons. The molecule has 33 heavy (non-hydrogen) atoms. The van der Waals surface area contributed by atoms with E-state index < -0.39 is 5.38 Å². The number of thioether (sulfide) groups is 1. The van der Waals surface area contributed by atoms with Gasteiger partial charge in [-0.3, -0.25) is 14.5 Å². The van der Waals surface area contributed by atoms with E-state index >= 15 is 0 Å². The van der Waals surface area contributed by atoms with Crippen LogP contribution in [0.4, 0.5) is 11.4 Å². The highest BCUT2D eigenvalue weighted by Gasteiger charge is 2.34. The normalized spacial score (nSPS) is 17.2. The second-order valence-corrected chi connectivity index (χ2v) is 10.6. The average Bonchev–Trinajstić information content (AvgIpc) is 3.20. The molecule has 1 aliphatic rings. The monoisotopic (exact) mass is 478 g/mol. The Morgan fingerprint density at radius 3 is 2.39 bits per heavy atom. The van der Waals surface area contributed by atoms with Crippen LogP contribution in [-0.4, -0.2) is 17.6 Å². The summed E-state index contributed by atoms with van der Waals surface area (Å²) in [5.41, 5.74) is 4.50. The molecule has 1 heterocycles. The van der Waals surface area contributed by atoms with E-state index in [1.54, 1.807) is 11.8 Å². The van der Waals surface area contributed by atoms with Crippen LogP contribution in [0.2, 0.25) is 0 Å². The Morgan fingerprint density at radius 2 is 1.73 bits per heavy atom. The highest BCUT2D eigenvalue weighted by atomic mass is 35.5. The van der Waals surface area contributed by atoms with Crippen molar-refractivity contribution < 1.29 is 9.59 Å². The van der Waals surface area contributed by atoms with Crippen molar-refractivity contribution in [2.45, 2.75) is 36.9 Å². The first-order valence-electron chi connectivity index (χ1n) is 10.9. The Hall–Kier alpha value is -2.76. The minimum Gasteiger partial charge on any atom is -0.324 e. The standard InChI is InChI=1S/C27H27ClN2O2S/c1-27(2,3)20-12-14-22(15-13-20)30-23(31)17-33-26(30)19-10-7-11-21(16-19)29-25(32)24(28)18-8-5-4-6-9-18/h4-16,24,26H,17H2,1-3H3,(H,29,32)/t24-,26+/m1/s1. The van der Waals surface area contributed by atoms with Crippen LogP contribution >= 0.6 is 23.4 Å². The number of carbonyl (C=O) groups is 2. The molecular formula is C27H27ClN2O2S. The number of alkyl halides is 1. The molecule has 0 spiro atoms. The van der Waals surface area contributed by atoms with Crippen molar-refractivity contribution in [1.82, 2.24) is 0 Å². The van der Waals surface area contributed by atoms with Crippen LogP contribution in [0, 0.1) is 0 Å². The molecule has 4 rings (SSSR count). The Morgan fingerprint density at radius 1 is 1.03 bits per heavy atom. The maximum Gasteiger partial charge on any atom is 0.246 e. The molecular weight excluding hydrogens is 452 g/mol. The van der Waals surface area contributed by atoms with Gasteiger partial charge in [0.25, 0.3) is 0 Å². The van der Waals surface area contributed by atoms with E-state index in [0.717, 1.165) is 16.8 Å². The van der Waals surface area contributed by atoms with Crippen LogP contribution in [0.3, 0.4) is 0 Å². The summed E-state index contributed by atoms with van der Waals surface area (Å²) in [6, 6.07) is 25.1. The lowest BCUT2D eigenvalue weighted by molar-refractivity contribution is -0.116. The van der Waals surface area contributed by atoms with Gasteiger partial charge in [0.15, 0.2) is 0 Å². The van der Waals surface area contributed by atoms with Crippen LogP contribution in [0.25, 0.3) is 0 Å². The van der Waals surface area contributed by atoms with Crippen molar-refractivity contribution in [2.24, 2.45) is 0 Å². The number of hydrogen-bond donors (Lipinski definition) is 1. The van der Waals surface area contributed by atoms with Gasteiger partial charge in [-0.2, -0.15) is 0 Å². The van der Waals surface area contributed by atoms with Gasteiger partial charge in [-0.1, -0.05) is 75.4 Å². The third kappa shape index (κ3) is 5.26. The van der Waals surface area contributed by atoms with Gasteiger partial charge in [-0.25, -0.2) is 0 Å². The number of amides is 2. The Bertz CT molecular complexity index is 1140. The molecule has 0 unspecified atom stereocenters. The molecule has 1 fully saturated rings. The number of anilines is 2. The topological polar surface area (TPSA) is 49.4 Å². The first-order chi connectivity index (χ1) is 15.7. The van der Waals surface area contributed by atoms with E-state index in [9.17, 15) is 9.59 Å². The lowest BCUT2D eigenvalue weighted by atomic mass is 9.87. The van der Waals surface area contributed by atoms with E-state index in [0.29, 0.717) is 11.4 Å². The molecule has 4 nitrogen and oxygen atoms in total. The van der Waals surface area contributed by atoms with E-state index in [-0.39, 0.29) is 22.6 Å². The maximum atomic E-state index is 12.8. The van der Waals surface area contributed by atoms with Gasteiger partial charge in [0, 0.05) is 11.4 Å². The van der Waals surface area contributed by atoms with Crippen molar-refractivity contribution in [3.05, 3.63) is 95.6 Å². The van der Waals surface area contributed by atoms with Gasteiger partial charge < -0.3 is 5.32 Å². The highest BCUT2D eigenvalue weighted by Crippen LogP contribution is 2.42. The van der Waals surface area contributed by atoms with Crippen LogP contribution in [-0.2, 0) is 15.0 Å². The van der Waals surface area contributed by atoms with Crippen LogP contribution in [0.1, 0.15) is 48.2 Å². The molecule has 1 aliphatic heterocycles. The third-order valence-electron chi connectivity index (χ3n) is 5.64. The molecule has 3 aromatic rings. The zero-order valence-electron chi connectivity index (χ0n) is 18.9. The fraction of sp³-hybridized carbons (Fsp3) is 0.259. The molecule has 0 aliphatic carbocycles. The van der Waals surface area contributed by atoms with Gasteiger partial charge in [-0.05, 0) is 46.4 Å². The number of nitrogens with one attached hydrogen (secondary N) is 1. The van der Waals surface area contributed by atoms with Gasteiger partial charge >= 0.3 is 0 Å². The van der Waals surface area contributed by atoms with Crippen molar-refractivity contribution >= 4 is 46.6 Å². The minimum absolute atomic E-state index is 0.0499. The summed E-state index contributed by atoms with van der Waals surface area (Å²) < 4.78 is 0. The number of hydrogen-bond acceptors (Lipinski definition) is 3. The quantitative estimate of drug-likeness (QED) is 0.416. The second kappa shape index (κ2) is 9.62. The lowest BCUT2D eigenvalue weighted by Gasteiger charge is -2.26. The van der Waals surface area contributed by atoms with Crippen LogP contribution in [0.5, 0.6) is 0 Å². The predicted molar refractivity (Wildman–Crippen MR) is 138 cm³/mol. The summed E-state index contributed by atoms with van der Waals surface area (Å²) in [5.74, 6) is 0.206. The number of carbonyl (C=O) groups excluding carboxylic acids is 2. The summed E-state index contributed by atoms with van der Waals surface area (Å²) in [7, 11) is 0. The number of rotatable bonds is 5. The molecule has 6 heteroatoms. The zero-order chi connectivity index (χ0) is 23.6. The molecule has 0 saturated carbocycles. The Kier molecular flexibility index (Phi) is 6.82. The molecule has 1 saturated heterocycles. The van der Waals surface area contributed by atoms with Crippen molar-refractivity contribution in [3.8, 4) is 0 Å². The zero-order valence-corrected chi connectivity index (χ0v) is 20.5. The van der Waals surface area contributed by atoms with Gasteiger partial charge in [-0.15, -0.1) is 23.4 Å². The average molecular weight is 479 g/mol. The predicted octanol–water partition coefficient (Wildman–Crippen LogP) is 6.68. The molecule has 2 atom stereocenters. The fourth-order valence-corrected chi connectivity index (χ4v) is 5.19. The number of halogens is 1. The molecule has 3 aromatic carbocycles. The van der Waals surface area contributed by atoms with E-state index in [1.807, 2.05) is 71.6 Å². The molecule has 0 aromatic heterocycles. The summed E-state index contributed by atoms with van der Waals surface area (Å²) in [6.07, 6.45) is 0. The molecule has 0 radical (unpaired) electrons. The number of benzene rings is 3. The van der Waals surface area contributed by atoms with Crippen LogP contribution in [0.15, 0.2) is 78.9 Å². The molecule has 2 amide bonds. The van der Waals surface area contributed by atoms with Crippen molar-refractivity contribution in [1.29, 1.82) is 0 Å². The Balaban J connectivity index is 1.54. The van der Waals surface area contributed by atoms with E-state index in [2.05, 4.69) is 38.2 Å². The number of nitrogens with zero attached hydrogens (tertiary/aromatic N) is 1. The van der Waals surface area contributed by atoms with Gasteiger partial charge in [0.1, 0.15) is 10.8 Å². The van der Waals surface area contributed by atoms with Crippen molar-refractivity contribution in [3.63, 3.8) is 0 Å². The third-order valence-corrected chi connectivity index (χ3v) is 7.30. The Labute approximate surface area is 204 Å². The summed E-state index contributed by atoms with van der Waals surface area (Å²) >= 11 is 7.96. The van der Waals surface area contributed by atoms with Crippen molar-refractivity contribution in [2.75, 3.05) is 16.0 Å². The smallest absolute Gasteiger partial charge is 0.246 e. The van der Waals surface area contributed by atoms with E-state index in [1.165, 1.54) is 5.56 Å². The summed E-state index contributed by atoms with van der Waals surface area (Å²) in [6.45, 7) is 6.51. The first-order valence-corrected chi connectivity index (χ1v) is 12.4. The minimum atomic E-state index is -0.782. The SMILES string of the molecule is CC(C)(C)c1ccc(N2C(=O)CS[C@H]2c2cccc(NC(=O)[C@H](Cl)c3ccccc3)c2)cc1. The lowest BCUT2D eigenvalue weighted by Crippen LogP contribution is -2.28. The summed E-state index contributed by atoms with van der Waals surface area (Å²) in [4.78, 5) is 27.3. The maximum absolute atomic E-state index is 12.8. The van der Waals surface area contributed by atoms with Gasteiger partial charge in [0.2, 0.25) is 11.8 Å². The highest BCUT2D eigenvalue weighted by molar-refractivity contribution is 8.00.